The highest BCUT2D eigenvalue weighted by Gasteiger charge is 2.25. The van der Waals surface area contributed by atoms with E-state index in [-0.39, 0.29) is 12.4 Å². The van der Waals surface area contributed by atoms with Crippen LogP contribution < -0.4 is 11.1 Å². The van der Waals surface area contributed by atoms with Gasteiger partial charge in [-0.15, -0.1) is 0 Å². The second-order valence-electron chi connectivity index (χ2n) is 3.40. The van der Waals surface area contributed by atoms with Gasteiger partial charge in [0, 0.05) is 12.1 Å². The van der Waals surface area contributed by atoms with Crippen LogP contribution in [0.5, 0.6) is 0 Å². The van der Waals surface area contributed by atoms with Gasteiger partial charge in [0.2, 0.25) is 0 Å². The molecule has 94 valence electrons. The van der Waals surface area contributed by atoms with E-state index >= 15 is 0 Å². The van der Waals surface area contributed by atoms with Crippen LogP contribution in [0.4, 0.5) is 13.2 Å². The lowest BCUT2D eigenvalue weighted by Crippen LogP contribution is -2.28. The van der Waals surface area contributed by atoms with Gasteiger partial charge in [0.25, 0.3) is 0 Å². The number of nitrogens with two attached hydrogens (primary N) is 1. The van der Waals surface area contributed by atoms with E-state index in [1.807, 2.05) is 0 Å². The molecule has 0 saturated carbocycles. The number of amidine groups is 1. The van der Waals surface area contributed by atoms with Gasteiger partial charge in [-0.25, -0.2) is 0 Å². The van der Waals surface area contributed by atoms with Gasteiger partial charge in [0.1, 0.15) is 0 Å². The summed E-state index contributed by atoms with van der Waals surface area (Å²) in [6, 6.07) is 6.43. The van der Waals surface area contributed by atoms with E-state index in [1.54, 1.807) is 24.3 Å². The van der Waals surface area contributed by atoms with Crippen molar-refractivity contribution in [2.75, 3.05) is 6.54 Å². The summed E-state index contributed by atoms with van der Waals surface area (Å²) in [5.74, 6) is -0.0809. The van der Waals surface area contributed by atoms with Crippen molar-refractivity contribution < 1.29 is 18.4 Å². The molecule has 0 atom stereocenters. The normalized spacial score (nSPS) is 12.8. The van der Waals surface area contributed by atoms with E-state index in [4.69, 9.17) is 10.9 Å². The molecule has 0 radical (unpaired) electrons. The maximum Gasteiger partial charge on any atom is 0.401 e. The van der Waals surface area contributed by atoms with Gasteiger partial charge in [-0.3, -0.25) is 0 Å². The number of halogens is 3. The van der Waals surface area contributed by atoms with Gasteiger partial charge in [-0.1, -0.05) is 23.4 Å². The number of oxime groups is 1. The van der Waals surface area contributed by atoms with Gasteiger partial charge in [0.05, 0.1) is 6.54 Å². The Kier molecular flexibility index (Phi) is 4.33. The fourth-order valence-corrected chi connectivity index (χ4v) is 1.25. The minimum Gasteiger partial charge on any atom is -0.409 e. The summed E-state index contributed by atoms with van der Waals surface area (Å²) in [6.45, 7) is -0.993. The van der Waals surface area contributed by atoms with Gasteiger partial charge in [-0.05, 0) is 11.6 Å². The summed E-state index contributed by atoms with van der Waals surface area (Å²) >= 11 is 0. The Bertz CT molecular complexity index is 404. The predicted molar refractivity (Wildman–Crippen MR) is 56.7 cm³/mol. The average Bonchev–Trinajstić information content (AvgIpc) is 2.27. The van der Waals surface area contributed by atoms with Crippen LogP contribution in [0.15, 0.2) is 29.4 Å². The van der Waals surface area contributed by atoms with Crippen LogP contribution in [0.2, 0.25) is 0 Å². The second-order valence-corrected chi connectivity index (χ2v) is 3.40. The number of benzene rings is 1. The van der Waals surface area contributed by atoms with E-state index in [1.165, 1.54) is 0 Å². The second kappa shape index (κ2) is 5.53. The van der Waals surface area contributed by atoms with Crippen LogP contribution >= 0.6 is 0 Å². The van der Waals surface area contributed by atoms with Crippen molar-refractivity contribution in [1.29, 1.82) is 0 Å². The zero-order valence-corrected chi connectivity index (χ0v) is 8.83. The summed E-state index contributed by atoms with van der Waals surface area (Å²) in [6.07, 6.45) is -4.23. The summed E-state index contributed by atoms with van der Waals surface area (Å²) in [5, 5.41) is 13.5. The summed E-state index contributed by atoms with van der Waals surface area (Å²) in [4.78, 5) is 0. The van der Waals surface area contributed by atoms with E-state index in [2.05, 4.69) is 10.5 Å². The molecule has 0 aliphatic carbocycles. The number of rotatable bonds is 4. The molecule has 0 aromatic heterocycles. The van der Waals surface area contributed by atoms with Crippen molar-refractivity contribution in [3.63, 3.8) is 0 Å². The maximum absolute atomic E-state index is 11.9. The quantitative estimate of drug-likeness (QED) is 0.326. The summed E-state index contributed by atoms with van der Waals surface area (Å²) in [5.41, 5.74) is 6.44. The highest BCUT2D eigenvalue weighted by atomic mass is 19.4. The lowest BCUT2D eigenvalue weighted by atomic mass is 10.1. The lowest BCUT2D eigenvalue weighted by molar-refractivity contribution is -0.125. The topological polar surface area (TPSA) is 70.6 Å². The molecule has 7 heteroatoms. The van der Waals surface area contributed by atoms with Crippen molar-refractivity contribution in [1.82, 2.24) is 5.32 Å². The van der Waals surface area contributed by atoms with Crippen LogP contribution in [0.25, 0.3) is 0 Å². The number of hydrogen-bond acceptors (Lipinski definition) is 3. The number of alkyl halides is 3. The molecule has 0 fully saturated rings. The molecule has 4 nitrogen and oxygen atoms in total. The van der Waals surface area contributed by atoms with Gasteiger partial charge >= 0.3 is 6.18 Å². The van der Waals surface area contributed by atoms with Gasteiger partial charge < -0.3 is 16.3 Å². The predicted octanol–water partition coefficient (Wildman–Crippen LogP) is 1.43. The fraction of sp³-hybridized carbons (Fsp3) is 0.300. The van der Waals surface area contributed by atoms with Crippen LogP contribution in [0.3, 0.4) is 0 Å². The number of nitrogens with one attached hydrogen (secondary N) is 1. The minimum atomic E-state index is -4.23. The van der Waals surface area contributed by atoms with E-state index in [0.717, 1.165) is 0 Å². The Labute approximate surface area is 95.9 Å². The third-order valence-corrected chi connectivity index (χ3v) is 1.99. The molecule has 1 aromatic carbocycles. The van der Waals surface area contributed by atoms with E-state index < -0.39 is 12.7 Å². The van der Waals surface area contributed by atoms with E-state index in [0.29, 0.717) is 11.1 Å². The number of nitrogens with zero attached hydrogens (tertiary/aromatic N) is 1. The SMILES string of the molecule is NC(=NO)c1cccc(CNCC(F)(F)F)c1. The molecule has 0 amide bonds. The summed E-state index contributed by atoms with van der Waals surface area (Å²) in [7, 11) is 0. The molecular weight excluding hydrogens is 235 g/mol. The third kappa shape index (κ3) is 4.73. The molecule has 0 unspecified atom stereocenters. The molecule has 1 rings (SSSR count). The summed E-state index contributed by atoms with van der Waals surface area (Å²) < 4.78 is 35.7. The Morgan fingerprint density at radius 3 is 2.71 bits per heavy atom. The third-order valence-electron chi connectivity index (χ3n) is 1.99. The molecule has 1 aromatic rings. The van der Waals surface area contributed by atoms with Crippen molar-refractivity contribution in [3.8, 4) is 0 Å². The molecule has 0 saturated heterocycles. The van der Waals surface area contributed by atoms with Crippen molar-refractivity contribution in [2.24, 2.45) is 10.9 Å². The van der Waals surface area contributed by atoms with Crippen LogP contribution in [0.1, 0.15) is 11.1 Å². The minimum absolute atomic E-state index is 0.0616. The average molecular weight is 247 g/mol. The molecule has 0 bridgehead atoms. The standard InChI is InChI=1S/C10H12F3N3O/c11-10(12,13)6-15-5-7-2-1-3-8(4-7)9(14)16-17/h1-4,15,17H,5-6H2,(H2,14,16). The first-order valence-corrected chi connectivity index (χ1v) is 4.76. The molecule has 0 spiro atoms. The Morgan fingerprint density at radius 2 is 2.12 bits per heavy atom. The fourth-order valence-electron chi connectivity index (χ4n) is 1.25. The lowest BCUT2D eigenvalue weighted by Gasteiger charge is -2.08. The smallest absolute Gasteiger partial charge is 0.401 e. The van der Waals surface area contributed by atoms with Crippen LogP contribution in [-0.2, 0) is 6.54 Å². The first kappa shape index (κ1) is 13.3. The molecular formula is C10H12F3N3O. The Balaban J connectivity index is 2.61. The van der Waals surface area contributed by atoms with Crippen molar-refractivity contribution >= 4 is 5.84 Å². The van der Waals surface area contributed by atoms with Crippen LogP contribution in [-0.4, -0.2) is 23.8 Å². The monoisotopic (exact) mass is 247 g/mol. The maximum atomic E-state index is 11.9. The number of hydrogen-bond donors (Lipinski definition) is 3. The largest absolute Gasteiger partial charge is 0.409 e. The van der Waals surface area contributed by atoms with Crippen molar-refractivity contribution in [3.05, 3.63) is 35.4 Å². The molecule has 4 N–H and O–H groups in total. The molecule has 0 heterocycles. The highest BCUT2D eigenvalue weighted by molar-refractivity contribution is 5.97. The van der Waals surface area contributed by atoms with Gasteiger partial charge in [-0.2, -0.15) is 13.2 Å². The Morgan fingerprint density at radius 1 is 1.41 bits per heavy atom. The molecule has 0 aliphatic rings. The molecule has 17 heavy (non-hydrogen) atoms. The zero-order chi connectivity index (χ0) is 12.9. The first-order valence-electron chi connectivity index (χ1n) is 4.76. The van der Waals surface area contributed by atoms with Crippen LogP contribution in [0, 0.1) is 0 Å². The molecule has 0 aliphatic heterocycles. The Hall–Kier alpha value is -1.76. The van der Waals surface area contributed by atoms with Gasteiger partial charge in [0.15, 0.2) is 5.84 Å². The first-order chi connectivity index (χ1) is 7.92. The van der Waals surface area contributed by atoms with Crippen molar-refractivity contribution in [2.45, 2.75) is 12.7 Å². The van der Waals surface area contributed by atoms with E-state index in [9.17, 15) is 13.2 Å². The zero-order valence-electron chi connectivity index (χ0n) is 8.83. The highest BCUT2D eigenvalue weighted by Crippen LogP contribution is 2.13.